The van der Waals surface area contributed by atoms with Crippen LogP contribution >= 0.6 is 0 Å². The van der Waals surface area contributed by atoms with E-state index in [9.17, 15) is 4.79 Å². The first-order valence-corrected chi connectivity index (χ1v) is 7.78. The molecule has 0 aliphatic heterocycles. The van der Waals surface area contributed by atoms with Gasteiger partial charge in [0, 0.05) is 26.2 Å². The maximum atomic E-state index is 11.3. The van der Waals surface area contributed by atoms with E-state index in [0.29, 0.717) is 12.0 Å². The van der Waals surface area contributed by atoms with Gasteiger partial charge in [-0.25, -0.2) is 0 Å². The summed E-state index contributed by atoms with van der Waals surface area (Å²) >= 11 is 0. The fourth-order valence-corrected chi connectivity index (χ4v) is 2.45. The Morgan fingerprint density at radius 2 is 1.25 bits per heavy atom. The summed E-state index contributed by atoms with van der Waals surface area (Å²) in [6.07, 6.45) is 2.61. The van der Waals surface area contributed by atoms with Gasteiger partial charge in [0.05, 0.1) is 19.8 Å². The van der Waals surface area contributed by atoms with Crippen LogP contribution in [-0.4, -0.2) is 20.5 Å². The van der Waals surface area contributed by atoms with Gasteiger partial charge in [0.2, 0.25) is 5.57 Å². The van der Waals surface area contributed by atoms with Gasteiger partial charge < -0.3 is 9.47 Å². The average molecular weight is 322 g/mol. The highest BCUT2D eigenvalue weighted by Crippen LogP contribution is 2.32. The highest BCUT2D eigenvalue weighted by Gasteiger charge is 2.23. The second kappa shape index (κ2) is 8.28. The summed E-state index contributed by atoms with van der Waals surface area (Å²) in [7, 11) is 3.29. The summed E-state index contributed by atoms with van der Waals surface area (Å²) < 4.78 is 10.5. The van der Waals surface area contributed by atoms with Gasteiger partial charge >= 0.3 is 6.29 Å². The number of hydrogen-bond donors (Lipinski definition) is 0. The lowest BCUT2D eigenvalue weighted by molar-refractivity contribution is 0.414. The third kappa shape index (κ3) is 4.21. The van der Waals surface area contributed by atoms with Crippen LogP contribution in [0.25, 0.3) is 0 Å². The molecule has 0 heterocycles. The Hall–Kier alpha value is -2.64. The number of benzene rings is 2. The molecule has 0 bridgehead atoms. The third-order valence-corrected chi connectivity index (χ3v) is 3.96. The fourth-order valence-electron chi connectivity index (χ4n) is 2.45. The molecule has 0 N–H and O–H groups in total. The Morgan fingerprint density at radius 3 is 1.54 bits per heavy atom. The topological polar surface area (TPSA) is 35.5 Å². The van der Waals surface area contributed by atoms with Gasteiger partial charge in [-0.3, -0.25) is 0 Å². The van der Waals surface area contributed by atoms with Crippen LogP contribution in [0.4, 0.5) is 0 Å². The van der Waals surface area contributed by atoms with E-state index >= 15 is 0 Å². The lowest BCUT2D eigenvalue weighted by Crippen LogP contribution is -2.06. The highest BCUT2D eigenvalue weighted by molar-refractivity contribution is 5.76. The molecule has 1 radical (unpaired) electrons. The smallest absolute Gasteiger partial charge is 0.359 e. The van der Waals surface area contributed by atoms with Crippen LogP contribution in [-0.2, 0) is 4.79 Å². The van der Waals surface area contributed by atoms with Crippen LogP contribution < -0.4 is 9.47 Å². The number of rotatable bonds is 7. The van der Waals surface area contributed by atoms with Crippen LogP contribution in [0.1, 0.15) is 31.4 Å². The first-order chi connectivity index (χ1) is 11.6. The van der Waals surface area contributed by atoms with Crippen molar-refractivity contribution < 1.29 is 14.3 Å². The minimum atomic E-state index is 0.532. The summed E-state index contributed by atoms with van der Waals surface area (Å²) in [6, 6.07) is 15.7. The largest absolute Gasteiger partial charge is 0.497 e. The maximum Gasteiger partial charge on any atom is 0.359 e. The zero-order chi connectivity index (χ0) is 17.5. The Kier molecular flexibility index (Phi) is 6.11. The summed E-state index contributed by atoms with van der Waals surface area (Å²) in [5.41, 5.74) is 3.76. The number of allylic oxidation sites excluding steroid dienone is 2. The summed E-state index contributed by atoms with van der Waals surface area (Å²) in [6.45, 7) is 3.86. The zero-order valence-electron chi connectivity index (χ0n) is 14.6. The Morgan fingerprint density at radius 1 is 0.833 bits per heavy atom. The first-order valence-electron chi connectivity index (χ1n) is 7.78. The van der Waals surface area contributed by atoms with Crippen molar-refractivity contribution in [1.82, 2.24) is 0 Å². The van der Waals surface area contributed by atoms with Crippen molar-refractivity contribution in [3.8, 4) is 11.5 Å². The van der Waals surface area contributed by atoms with Crippen molar-refractivity contribution in [2.24, 2.45) is 0 Å². The Balaban J connectivity index is 2.42. The van der Waals surface area contributed by atoms with E-state index in [1.54, 1.807) is 14.2 Å². The Labute approximate surface area is 143 Å². The fraction of sp³-hybridized carbons (Fsp3) is 0.238. The molecule has 2 rings (SSSR count). The zero-order valence-corrected chi connectivity index (χ0v) is 14.6. The number of ether oxygens (including phenoxy) is 2. The van der Waals surface area contributed by atoms with Gasteiger partial charge in [0.25, 0.3) is 0 Å². The molecule has 2 aromatic rings. The number of methoxy groups -OCH3 is 2. The van der Waals surface area contributed by atoms with E-state index in [2.05, 4.69) is 6.29 Å². The quantitative estimate of drug-likeness (QED) is 0.556. The van der Waals surface area contributed by atoms with Gasteiger partial charge in [-0.2, -0.15) is 0 Å². The highest BCUT2D eigenvalue weighted by atomic mass is 16.5. The van der Waals surface area contributed by atoms with Crippen LogP contribution in [0.2, 0.25) is 0 Å². The standard InChI is InChI=1S/C21H22O3/c1-15(2)18(14-22)13-21(16-5-9-19(23-3)10-6-16)17-7-11-20(24-4)12-8-17/h5-12H,13H2,1-4H3/q+1. The van der Waals surface area contributed by atoms with E-state index in [4.69, 9.17) is 9.47 Å². The molecule has 0 amide bonds. The van der Waals surface area contributed by atoms with E-state index in [1.807, 2.05) is 62.4 Å². The lowest BCUT2D eigenvalue weighted by atomic mass is 9.85. The van der Waals surface area contributed by atoms with E-state index < -0.39 is 0 Å². The van der Waals surface area contributed by atoms with Crippen molar-refractivity contribution in [3.05, 3.63) is 76.7 Å². The molecule has 0 aliphatic rings. The minimum Gasteiger partial charge on any atom is -0.497 e. The lowest BCUT2D eigenvalue weighted by Gasteiger charge is -2.16. The van der Waals surface area contributed by atoms with Gasteiger partial charge in [0.15, 0.2) is 0 Å². The molecular weight excluding hydrogens is 300 g/mol. The van der Waals surface area contributed by atoms with Crippen LogP contribution in [0.5, 0.6) is 11.5 Å². The van der Waals surface area contributed by atoms with Gasteiger partial charge in [-0.1, -0.05) is 29.1 Å². The third-order valence-electron chi connectivity index (χ3n) is 3.96. The summed E-state index contributed by atoms with van der Waals surface area (Å²) in [5.74, 6) is 2.68. The molecule has 0 aliphatic carbocycles. The molecule has 2 aromatic carbocycles. The number of hydrogen-bond acceptors (Lipinski definition) is 3. The van der Waals surface area contributed by atoms with Gasteiger partial charge in [-0.05, 0) is 35.4 Å². The van der Waals surface area contributed by atoms with Crippen LogP contribution in [0.3, 0.4) is 0 Å². The average Bonchev–Trinajstić information content (AvgIpc) is 2.63. The van der Waals surface area contributed by atoms with Crippen molar-refractivity contribution in [1.29, 1.82) is 0 Å². The Bertz CT molecular complexity index is 645. The molecule has 0 atom stereocenters. The normalized spacial score (nSPS) is 10.2. The summed E-state index contributed by atoms with van der Waals surface area (Å²) in [4.78, 5) is 11.3. The molecule has 24 heavy (non-hydrogen) atoms. The molecule has 0 saturated carbocycles. The van der Waals surface area contributed by atoms with Crippen molar-refractivity contribution in [3.63, 3.8) is 0 Å². The molecule has 0 fully saturated rings. The van der Waals surface area contributed by atoms with E-state index in [0.717, 1.165) is 34.1 Å². The molecule has 3 heteroatoms. The predicted molar refractivity (Wildman–Crippen MR) is 96.1 cm³/mol. The van der Waals surface area contributed by atoms with E-state index in [1.165, 1.54) is 0 Å². The molecule has 0 spiro atoms. The summed E-state index contributed by atoms with van der Waals surface area (Å²) in [5, 5.41) is 0. The predicted octanol–water partition coefficient (Wildman–Crippen LogP) is 4.51. The van der Waals surface area contributed by atoms with Gasteiger partial charge in [0.1, 0.15) is 11.5 Å². The minimum absolute atomic E-state index is 0.532. The second-order valence-electron chi connectivity index (χ2n) is 5.69. The van der Waals surface area contributed by atoms with Crippen LogP contribution in [0, 0.1) is 5.92 Å². The number of carbonyl (C=O) groups excluding carboxylic acids is 1. The van der Waals surface area contributed by atoms with Gasteiger partial charge in [-0.15, -0.1) is 0 Å². The van der Waals surface area contributed by atoms with Crippen molar-refractivity contribution in [2.45, 2.75) is 20.3 Å². The second-order valence-corrected chi connectivity index (χ2v) is 5.69. The van der Waals surface area contributed by atoms with E-state index in [-0.39, 0.29) is 0 Å². The SMILES string of the molecule is COc1ccc([C](CC([C+]=O)=C(C)C)c2ccc(OC)cc2)cc1. The van der Waals surface area contributed by atoms with Crippen LogP contribution in [0.15, 0.2) is 59.7 Å². The molecule has 0 saturated heterocycles. The molecule has 3 nitrogen and oxygen atoms in total. The maximum absolute atomic E-state index is 11.3. The molecule has 0 unspecified atom stereocenters. The van der Waals surface area contributed by atoms with Crippen molar-refractivity contribution >= 4 is 6.29 Å². The molecular formula is C21H22O3+. The molecule has 0 aromatic heterocycles. The molecule has 123 valence electrons. The monoisotopic (exact) mass is 322 g/mol. The van der Waals surface area contributed by atoms with Crippen molar-refractivity contribution in [2.75, 3.05) is 14.2 Å². The first kappa shape index (κ1) is 17.7.